The van der Waals surface area contributed by atoms with Gasteiger partial charge in [-0.1, -0.05) is 11.2 Å². The van der Waals surface area contributed by atoms with Gasteiger partial charge in [0.1, 0.15) is 5.76 Å². The van der Waals surface area contributed by atoms with E-state index in [-0.39, 0.29) is 35.2 Å². The maximum absolute atomic E-state index is 12.7. The van der Waals surface area contributed by atoms with Gasteiger partial charge in [0.15, 0.2) is 5.82 Å². The fourth-order valence-corrected chi connectivity index (χ4v) is 3.67. The zero-order valence-corrected chi connectivity index (χ0v) is 16.9. The van der Waals surface area contributed by atoms with E-state index in [4.69, 9.17) is 10.3 Å². The summed E-state index contributed by atoms with van der Waals surface area (Å²) in [6.07, 6.45) is 1.77. The molecule has 0 saturated carbocycles. The van der Waals surface area contributed by atoms with Gasteiger partial charge in [-0.15, -0.1) is 24.2 Å². The van der Waals surface area contributed by atoms with Crippen molar-refractivity contribution in [3.63, 3.8) is 0 Å². The van der Waals surface area contributed by atoms with Crippen LogP contribution in [0, 0.1) is 6.92 Å². The maximum atomic E-state index is 12.7. The van der Waals surface area contributed by atoms with Gasteiger partial charge in [-0.05, 0) is 44.4 Å². The van der Waals surface area contributed by atoms with Crippen molar-refractivity contribution < 1.29 is 14.1 Å². The van der Waals surface area contributed by atoms with Crippen LogP contribution in [0.4, 0.5) is 17.2 Å². The van der Waals surface area contributed by atoms with Crippen LogP contribution in [0.2, 0.25) is 0 Å². The van der Waals surface area contributed by atoms with Crippen LogP contribution in [0.3, 0.4) is 0 Å². The first-order valence-electron chi connectivity index (χ1n) is 8.49. The normalized spacial score (nSPS) is 14.1. The molecule has 1 aromatic heterocycles. The summed E-state index contributed by atoms with van der Waals surface area (Å²) in [4.78, 5) is 26.6. The van der Waals surface area contributed by atoms with Gasteiger partial charge >= 0.3 is 0 Å². The molecule has 1 unspecified atom stereocenters. The lowest BCUT2D eigenvalue weighted by atomic mass is 10.00. The molecule has 1 aliphatic rings. The monoisotopic (exact) mass is 410 g/mol. The van der Waals surface area contributed by atoms with Gasteiger partial charge in [0.25, 0.3) is 0 Å². The SMILES string of the molecule is Cc1cc(NC(=O)C(C)SCC(=O)N2CCCc3c(N)cccc32)no1.Cl. The number of hydrogen-bond acceptors (Lipinski definition) is 6. The molecule has 2 heterocycles. The Morgan fingerprint density at radius 3 is 2.93 bits per heavy atom. The molecule has 27 heavy (non-hydrogen) atoms. The van der Waals surface area contributed by atoms with Crippen LogP contribution in [0.1, 0.15) is 24.7 Å². The van der Waals surface area contributed by atoms with Gasteiger partial charge in [-0.25, -0.2) is 0 Å². The molecule has 0 saturated heterocycles. The number of fused-ring (bicyclic) bond motifs is 1. The van der Waals surface area contributed by atoms with E-state index in [9.17, 15) is 9.59 Å². The number of aryl methyl sites for hydroxylation is 1. The van der Waals surface area contributed by atoms with Crippen molar-refractivity contribution in [3.05, 3.63) is 35.6 Å². The number of nitrogens with two attached hydrogens (primary N) is 1. The van der Waals surface area contributed by atoms with E-state index in [0.29, 0.717) is 18.1 Å². The first-order chi connectivity index (χ1) is 12.5. The number of nitrogens with one attached hydrogen (secondary N) is 1. The Labute approximate surface area is 168 Å². The number of amides is 2. The Balaban J connectivity index is 0.00000261. The summed E-state index contributed by atoms with van der Waals surface area (Å²) in [6, 6.07) is 7.30. The van der Waals surface area contributed by atoms with Crippen molar-refractivity contribution in [2.45, 2.75) is 31.9 Å². The maximum Gasteiger partial charge on any atom is 0.238 e. The van der Waals surface area contributed by atoms with Crippen molar-refractivity contribution in [1.82, 2.24) is 5.16 Å². The summed E-state index contributed by atoms with van der Waals surface area (Å²) < 4.78 is 4.92. The molecule has 0 radical (unpaired) electrons. The Bertz CT molecular complexity index is 827. The van der Waals surface area contributed by atoms with Gasteiger partial charge in [0.05, 0.1) is 11.0 Å². The summed E-state index contributed by atoms with van der Waals surface area (Å²) in [7, 11) is 0. The molecule has 7 nitrogen and oxygen atoms in total. The molecule has 0 bridgehead atoms. The molecule has 146 valence electrons. The second-order valence-corrected chi connectivity index (χ2v) is 7.59. The quantitative estimate of drug-likeness (QED) is 0.734. The molecule has 3 rings (SSSR count). The summed E-state index contributed by atoms with van der Waals surface area (Å²) in [5, 5.41) is 6.03. The van der Waals surface area contributed by atoms with Crippen LogP contribution in [0.15, 0.2) is 28.8 Å². The minimum Gasteiger partial charge on any atom is -0.398 e. The van der Waals surface area contributed by atoms with Crippen LogP contribution in [-0.4, -0.2) is 34.5 Å². The molecule has 1 atom stereocenters. The van der Waals surface area contributed by atoms with Crippen LogP contribution >= 0.6 is 24.2 Å². The van der Waals surface area contributed by atoms with Gasteiger partial charge in [0.2, 0.25) is 11.8 Å². The average molecular weight is 411 g/mol. The van der Waals surface area contributed by atoms with Crippen molar-refractivity contribution in [3.8, 4) is 0 Å². The number of aromatic nitrogens is 1. The van der Waals surface area contributed by atoms with Crippen LogP contribution in [-0.2, 0) is 16.0 Å². The van der Waals surface area contributed by atoms with E-state index in [0.717, 1.165) is 29.8 Å². The minimum absolute atomic E-state index is 0. The Hall–Kier alpha value is -2.19. The lowest BCUT2D eigenvalue weighted by Crippen LogP contribution is -2.37. The van der Waals surface area contributed by atoms with E-state index in [1.54, 1.807) is 24.8 Å². The Morgan fingerprint density at radius 2 is 2.22 bits per heavy atom. The number of carbonyl (C=O) groups is 2. The van der Waals surface area contributed by atoms with E-state index in [2.05, 4.69) is 10.5 Å². The third-order valence-electron chi connectivity index (χ3n) is 4.29. The van der Waals surface area contributed by atoms with Gasteiger partial charge in [-0.3, -0.25) is 9.59 Å². The van der Waals surface area contributed by atoms with Crippen LogP contribution in [0.5, 0.6) is 0 Å². The lowest BCUT2D eigenvalue weighted by molar-refractivity contribution is -0.116. The molecule has 2 amide bonds. The predicted octanol–water partition coefficient (Wildman–Crippen LogP) is 3.03. The van der Waals surface area contributed by atoms with E-state index < -0.39 is 0 Å². The lowest BCUT2D eigenvalue weighted by Gasteiger charge is -2.30. The molecule has 9 heteroatoms. The number of nitrogen functional groups attached to an aromatic ring is 1. The number of halogens is 1. The smallest absolute Gasteiger partial charge is 0.238 e. The summed E-state index contributed by atoms with van der Waals surface area (Å²) in [6.45, 7) is 4.19. The van der Waals surface area contributed by atoms with Gasteiger partial charge < -0.3 is 20.5 Å². The van der Waals surface area contributed by atoms with Gasteiger partial charge in [0, 0.05) is 24.0 Å². The third-order valence-corrected chi connectivity index (χ3v) is 5.42. The van der Waals surface area contributed by atoms with Crippen LogP contribution < -0.4 is 16.0 Å². The number of nitrogens with zero attached hydrogens (tertiary/aromatic N) is 2. The number of anilines is 3. The number of rotatable bonds is 5. The standard InChI is InChI=1S/C18H22N4O3S.ClH/c1-11-9-16(21-25-11)20-18(24)12(2)26-10-17(23)22-8-4-5-13-14(19)6-3-7-15(13)22;/h3,6-7,9,12H,4-5,8,10,19H2,1-2H3,(H,20,21,24);1H. The Kier molecular flexibility index (Phi) is 7.15. The summed E-state index contributed by atoms with van der Waals surface area (Å²) >= 11 is 1.30. The fraction of sp³-hybridized carbons (Fsp3) is 0.389. The highest BCUT2D eigenvalue weighted by molar-refractivity contribution is 8.01. The van der Waals surface area contributed by atoms with E-state index >= 15 is 0 Å². The van der Waals surface area contributed by atoms with Gasteiger partial charge in [-0.2, -0.15) is 0 Å². The van der Waals surface area contributed by atoms with Crippen molar-refractivity contribution in [2.75, 3.05) is 28.2 Å². The predicted molar refractivity (Wildman–Crippen MR) is 111 cm³/mol. The molecular weight excluding hydrogens is 388 g/mol. The first kappa shape index (κ1) is 21.1. The zero-order valence-electron chi connectivity index (χ0n) is 15.2. The summed E-state index contributed by atoms with van der Waals surface area (Å²) in [5.41, 5.74) is 8.67. The largest absolute Gasteiger partial charge is 0.398 e. The Morgan fingerprint density at radius 1 is 1.44 bits per heavy atom. The van der Waals surface area contributed by atoms with E-state index in [1.807, 2.05) is 18.2 Å². The number of benzene rings is 1. The second-order valence-electron chi connectivity index (χ2n) is 6.26. The van der Waals surface area contributed by atoms with E-state index in [1.165, 1.54) is 11.8 Å². The molecule has 3 N–H and O–H groups in total. The highest BCUT2D eigenvalue weighted by Crippen LogP contribution is 2.31. The van der Waals surface area contributed by atoms with Crippen molar-refractivity contribution in [2.24, 2.45) is 0 Å². The second kappa shape index (κ2) is 9.14. The number of hydrogen-bond donors (Lipinski definition) is 2. The highest BCUT2D eigenvalue weighted by Gasteiger charge is 2.25. The molecule has 0 fully saturated rings. The molecule has 1 aromatic carbocycles. The minimum atomic E-state index is -0.388. The number of thioether (sulfide) groups is 1. The third kappa shape index (κ3) is 4.95. The molecule has 0 aliphatic carbocycles. The first-order valence-corrected chi connectivity index (χ1v) is 9.54. The topological polar surface area (TPSA) is 101 Å². The van der Waals surface area contributed by atoms with Crippen molar-refractivity contribution in [1.29, 1.82) is 0 Å². The zero-order chi connectivity index (χ0) is 18.7. The fourth-order valence-electron chi connectivity index (χ4n) is 2.91. The van der Waals surface area contributed by atoms with Crippen molar-refractivity contribution >= 4 is 53.2 Å². The molecular formula is C18H23ClN4O3S. The average Bonchev–Trinajstić information content (AvgIpc) is 3.04. The molecule has 1 aliphatic heterocycles. The highest BCUT2D eigenvalue weighted by atomic mass is 35.5. The summed E-state index contributed by atoms with van der Waals surface area (Å²) in [5.74, 6) is 1.00. The molecule has 0 spiro atoms. The number of carbonyl (C=O) groups excluding carboxylic acids is 2. The molecule has 2 aromatic rings. The van der Waals surface area contributed by atoms with Crippen LogP contribution in [0.25, 0.3) is 0 Å².